The molecule has 0 radical (unpaired) electrons. The molecule has 142 valence electrons. The van der Waals surface area contributed by atoms with Gasteiger partial charge in [0.15, 0.2) is 17.1 Å². The van der Waals surface area contributed by atoms with Gasteiger partial charge in [0.1, 0.15) is 5.39 Å². The van der Waals surface area contributed by atoms with Gasteiger partial charge in [-0.15, -0.1) is 0 Å². The summed E-state index contributed by atoms with van der Waals surface area (Å²) in [5, 5.41) is 7.83. The zero-order valence-corrected chi connectivity index (χ0v) is 15.5. The first-order chi connectivity index (χ1) is 13.7. The molecule has 8 nitrogen and oxygen atoms in total. The molecule has 0 aliphatic rings. The fourth-order valence-corrected chi connectivity index (χ4v) is 2.90. The van der Waals surface area contributed by atoms with Crippen LogP contribution in [-0.2, 0) is 0 Å². The van der Waals surface area contributed by atoms with E-state index >= 15 is 0 Å². The number of aromatic nitrogens is 4. The van der Waals surface area contributed by atoms with Crippen LogP contribution in [0.1, 0.15) is 6.92 Å². The highest BCUT2D eigenvalue weighted by Crippen LogP contribution is 2.31. The van der Waals surface area contributed by atoms with Crippen molar-refractivity contribution in [2.75, 3.05) is 19.0 Å². The number of anilines is 2. The topological polar surface area (TPSA) is 94.1 Å². The van der Waals surface area contributed by atoms with E-state index in [9.17, 15) is 4.79 Å². The van der Waals surface area contributed by atoms with Gasteiger partial charge >= 0.3 is 0 Å². The molecule has 0 saturated carbocycles. The Hall–Kier alpha value is -3.81. The average molecular weight is 377 g/mol. The number of methoxy groups -OCH3 is 1. The second-order valence-corrected chi connectivity index (χ2v) is 5.97. The van der Waals surface area contributed by atoms with E-state index in [1.807, 2.05) is 43.3 Å². The highest BCUT2D eigenvalue weighted by Gasteiger charge is 2.12. The number of H-pyrrole nitrogens is 1. The molecule has 2 N–H and O–H groups in total. The molecule has 8 heteroatoms. The Bertz CT molecular complexity index is 1170. The Morgan fingerprint density at radius 2 is 1.96 bits per heavy atom. The van der Waals surface area contributed by atoms with Crippen LogP contribution in [0.5, 0.6) is 11.5 Å². The lowest BCUT2D eigenvalue weighted by Gasteiger charge is -2.12. The van der Waals surface area contributed by atoms with E-state index in [0.717, 1.165) is 5.69 Å². The number of ether oxygens (including phenoxy) is 2. The lowest BCUT2D eigenvalue weighted by Crippen LogP contribution is -2.11. The molecule has 4 rings (SSSR count). The van der Waals surface area contributed by atoms with Crippen LogP contribution in [0.2, 0.25) is 0 Å². The lowest BCUT2D eigenvalue weighted by molar-refractivity contribution is 0.311. The van der Waals surface area contributed by atoms with E-state index in [4.69, 9.17) is 9.47 Å². The minimum atomic E-state index is -0.270. The number of rotatable bonds is 6. The van der Waals surface area contributed by atoms with Crippen LogP contribution in [0.15, 0.2) is 59.5 Å². The first-order valence-corrected chi connectivity index (χ1v) is 8.81. The number of nitrogens with one attached hydrogen (secondary N) is 2. The molecule has 4 aromatic rings. The van der Waals surface area contributed by atoms with Crippen molar-refractivity contribution in [2.24, 2.45) is 0 Å². The molecule has 0 amide bonds. The summed E-state index contributed by atoms with van der Waals surface area (Å²) < 4.78 is 12.5. The van der Waals surface area contributed by atoms with Crippen molar-refractivity contribution in [2.45, 2.75) is 6.92 Å². The van der Waals surface area contributed by atoms with Crippen LogP contribution in [-0.4, -0.2) is 33.5 Å². The summed E-state index contributed by atoms with van der Waals surface area (Å²) in [5.74, 6) is 1.54. The molecule has 0 aliphatic heterocycles. The number of para-hydroxylation sites is 1. The summed E-state index contributed by atoms with van der Waals surface area (Å²) >= 11 is 0. The summed E-state index contributed by atoms with van der Waals surface area (Å²) in [5.41, 5.74) is 1.73. The summed E-state index contributed by atoms with van der Waals surface area (Å²) in [6.45, 7) is 2.41. The minimum Gasteiger partial charge on any atom is -0.493 e. The van der Waals surface area contributed by atoms with E-state index in [1.165, 1.54) is 6.20 Å². The second-order valence-electron chi connectivity index (χ2n) is 5.97. The zero-order valence-electron chi connectivity index (χ0n) is 15.5. The smallest absolute Gasteiger partial charge is 0.263 e. The third-order valence-corrected chi connectivity index (χ3v) is 4.17. The van der Waals surface area contributed by atoms with Crippen molar-refractivity contribution < 1.29 is 9.47 Å². The Morgan fingerprint density at radius 1 is 1.14 bits per heavy atom. The number of benzene rings is 2. The number of hydrogen-bond acceptors (Lipinski definition) is 6. The molecule has 2 aromatic carbocycles. The van der Waals surface area contributed by atoms with Crippen LogP contribution in [0.25, 0.3) is 16.7 Å². The molecule has 0 bridgehead atoms. The van der Waals surface area contributed by atoms with Crippen LogP contribution in [0, 0.1) is 0 Å². The zero-order chi connectivity index (χ0) is 19.5. The van der Waals surface area contributed by atoms with Crippen molar-refractivity contribution in [1.82, 2.24) is 19.7 Å². The fraction of sp³-hybridized carbons (Fsp3) is 0.150. The van der Waals surface area contributed by atoms with Crippen LogP contribution in [0.3, 0.4) is 0 Å². The van der Waals surface area contributed by atoms with Gasteiger partial charge in [0, 0.05) is 11.8 Å². The Kier molecular flexibility index (Phi) is 4.67. The molecule has 0 aliphatic carbocycles. The molecular formula is C20H19N5O3. The van der Waals surface area contributed by atoms with Crippen molar-refractivity contribution in [3.8, 4) is 17.2 Å². The summed E-state index contributed by atoms with van der Waals surface area (Å²) in [6.07, 6.45) is 1.51. The molecule has 0 fully saturated rings. The maximum absolute atomic E-state index is 12.5. The molecular weight excluding hydrogens is 358 g/mol. The van der Waals surface area contributed by atoms with E-state index in [1.54, 1.807) is 23.9 Å². The van der Waals surface area contributed by atoms with E-state index < -0.39 is 0 Å². The largest absolute Gasteiger partial charge is 0.493 e. The van der Waals surface area contributed by atoms with Gasteiger partial charge in [0.05, 0.1) is 25.6 Å². The molecule has 2 heterocycles. The Labute approximate surface area is 160 Å². The number of hydrogen-bond donors (Lipinski definition) is 2. The minimum absolute atomic E-state index is 0.270. The lowest BCUT2D eigenvalue weighted by atomic mass is 10.2. The third-order valence-electron chi connectivity index (χ3n) is 4.17. The van der Waals surface area contributed by atoms with Crippen LogP contribution in [0.4, 0.5) is 11.6 Å². The van der Waals surface area contributed by atoms with Gasteiger partial charge in [0.2, 0.25) is 5.95 Å². The predicted octanol–water partition coefficient (Wildman–Crippen LogP) is 3.26. The van der Waals surface area contributed by atoms with Gasteiger partial charge in [-0.3, -0.25) is 9.78 Å². The van der Waals surface area contributed by atoms with Crippen LogP contribution >= 0.6 is 0 Å². The molecule has 0 unspecified atom stereocenters. The van der Waals surface area contributed by atoms with E-state index in [-0.39, 0.29) is 5.56 Å². The van der Waals surface area contributed by atoms with E-state index in [0.29, 0.717) is 40.8 Å². The third kappa shape index (κ3) is 3.27. The predicted molar refractivity (Wildman–Crippen MR) is 107 cm³/mol. The SMILES string of the molecule is CCOc1cc(Nc2nc3c(cnn3-c3ccccc3)c(=O)[nH]2)ccc1OC. The van der Waals surface area contributed by atoms with Gasteiger partial charge in [-0.1, -0.05) is 18.2 Å². The van der Waals surface area contributed by atoms with Gasteiger partial charge in [-0.2, -0.15) is 10.1 Å². The van der Waals surface area contributed by atoms with Crippen molar-refractivity contribution in [3.05, 3.63) is 65.1 Å². The van der Waals surface area contributed by atoms with E-state index in [2.05, 4.69) is 20.4 Å². The second kappa shape index (κ2) is 7.43. The molecule has 28 heavy (non-hydrogen) atoms. The normalized spacial score (nSPS) is 10.8. The first kappa shape index (κ1) is 17.6. The summed E-state index contributed by atoms with van der Waals surface area (Å²) in [4.78, 5) is 19.8. The quantitative estimate of drug-likeness (QED) is 0.536. The standard InChI is InChI=1S/C20H19N5O3/c1-3-28-17-11-13(9-10-16(17)27-2)22-20-23-18-15(19(26)24-20)12-21-25(18)14-7-5-4-6-8-14/h4-12H,3H2,1-2H3,(H2,22,23,24,26). The van der Waals surface area contributed by atoms with Crippen LogP contribution < -0.4 is 20.3 Å². The highest BCUT2D eigenvalue weighted by molar-refractivity contribution is 5.77. The van der Waals surface area contributed by atoms with Gasteiger partial charge in [-0.05, 0) is 31.2 Å². The Balaban J connectivity index is 1.74. The van der Waals surface area contributed by atoms with Gasteiger partial charge < -0.3 is 14.8 Å². The molecule has 2 aromatic heterocycles. The molecule has 0 atom stereocenters. The highest BCUT2D eigenvalue weighted by atomic mass is 16.5. The maximum Gasteiger partial charge on any atom is 0.263 e. The Morgan fingerprint density at radius 3 is 2.71 bits per heavy atom. The number of fused-ring (bicyclic) bond motifs is 1. The van der Waals surface area contributed by atoms with Crippen molar-refractivity contribution in [1.29, 1.82) is 0 Å². The number of nitrogens with zero attached hydrogens (tertiary/aromatic N) is 3. The first-order valence-electron chi connectivity index (χ1n) is 8.81. The summed E-state index contributed by atoms with van der Waals surface area (Å²) in [6, 6.07) is 14.9. The van der Waals surface area contributed by atoms with Crippen molar-refractivity contribution >= 4 is 22.7 Å². The molecule has 0 spiro atoms. The van der Waals surface area contributed by atoms with Gasteiger partial charge in [-0.25, -0.2) is 4.68 Å². The fourth-order valence-electron chi connectivity index (χ4n) is 2.90. The molecule has 0 saturated heterocycles. The van der Waals surface area contributed by atoms with Crippen molar-refractivity contribution in [3.63, 3.8) is 0 Å². The van der Waals surface area contributed by atoms with Gasteiger partial charge in [0.25, 0.3) is 5.56 Å². The maximum atomic E-state index is 12.5. The average Bonchev–Trinajstić information content (AvgIpc) is 3.14. The number of aromatic amines is 1. The summed E-state index contributed by atoms with van der Waals surface area (Å²) in [7, 11) is 1.59. The monoisotopic (exact) mass is 377 g/mol.